The van der Waals surface area contributed by atoms with Crippen molar-refractivity contribution in [1.29, 1.82) is 0 Å². The van der Waals surface area contributed by atoms with Crippen LogP contribution in [-0.2, 0) is 11.2 Å². The number of carbonyl (C=O) groups excluding carboxylic acids is 1. The van der Waals surface area contributed by atoms with Crippen LogP contribution < -0.4 is 15.7 Å². The Kier molecular flexibility index (Phi) is 7.06. The second kappa shape index (κ2) is 9.51. The molecule has 0 amide bonds. The topological polar surface area (TPSA) is 125 Å². The summed E-state index contributed by atoms with van der Waals surface area (Å²) in [6.07, 6.45) is 2.62. The van der Waals surface area contributed by atoms with E-state index in [0.717, 1.165) is 38.0 Å². The minimum absolute atomic E-state index is 0.0347. The van der Waals surface area contributed by atoms with Crippen molar-refractivity contribution < 1.29 is 24.4 Å². The number of aromatic carboxylic acids is 1. The quantitative estimate of drug-likeness (QED) is 0.463. The van der Waals surface area contributed by atoms with Gasteiger partial charge in [-0.1, -0.05) is 12.1 Å². The first-order valence-corrected chi connectivity index (χ1v) is 9.85. The van der Waals surface area contributed by atoms with E-state index in [1.165, 1.54) is 6.07 Å². The number of rotatable bonds is 8. The SMILES string of the molecule is NCCNC1CCN(CC(=O)C[C@H]2Cc3cccc(C(=O)O)c3OB2O)CC1. The van der Waals surface area contributed by atoms with E-state index in [4.69, 9.17) is 10.4 Å². The number of carbonyl (C=O) groups is 2. The minimum atomic E-state index is -1.18. The van der Waals surface area contributed by atoms with E-state index < -0.39 is 13.1 Å². The van der Waals surface area contributed by atoms with Gasteiger partial charge in [0.15, 0.2) is 0 Å². The van der Waals surface area contributed by atoms with Gasteiger partial charge in [-0.2, -0.15) is 0 Å². The number of Topliss-reactive ketones (excluding diaryl/α,β-unsaturated/α-hetero) is 1. The lowest BCUT2D eigenvalue weighted by Gasteiger charge is -2.32. The fraction of sp³-hybridized carbons (Fsp3) is 0.579. The minimum Gasteiger partial charge on any atom is -0.535 e. The largest absolute Gasteiger partial charge is 0.535 e. The van der Waals surface area contributed by atoms with Gasteiger partial charge in [-0.3, -0.25) is 9.69 Å². The van der Waals surface area contributed by atoms with E-state index in [1.54, 1.807) is 12.1 Å². The van der Waals surface area contributed by atoms with Gasteiger partial charge in [-0.15, -0.1) is 0 Å². The van der Waals surface area contributed by atoms with Crippen LogP contribution >= 0.6 is 0 Å². The van der Waals surface area contributed by atoms with E-state index in [0.29, 0.717) is 25.6 Å². The highest BCUT2D eigenvalue weighted by Crippen LogP contribution is 2.36. The highest BCUT2D eigenvalue weighted by atomic mass is 16.5. The number of carboxylic acid groups (broad SMARTS) is 1. The van der Waals surface area contributed by atoms with Crippen LogP contribution in [0.15, 0.2) is 18.2 Å². The van der Waals surface area contributed by atoms with Gasteiger partial charge in [0.05, 0.1) is 12.1 Å². The first-order chi connectivity index (χ1) is 13.5. The molecule has 9 heteroatoms. The number of hydrogen-bond acceptors (Lipinski definition) is 7. The predicted octanol–water partition coefficient (Wildman–Crippen LogP) is 0.142. The standard InChI is InChI=1S/C19H28BN3O5/c21-6-7-22-15-4-8-23(9-5-15)12-16(24)11-14-10-13-2-1-3-17(19(25)26)18(13)28-20(14)27/h1-3,14-15,22,27H,4-12,21H2,(H,25,26)/t14-/m1/s1. The van der Waals surface area contributed by atoms with Gasteiger partial charge in [-0.05, 0) is 30.9 Å². The summed E-state index contributed by atoms with van der Waals surface area (Å²) in [5, 5.41) is 23.0. The van der Waals surface area contributed by atoms with Crippen molar-refractivity contribution in [2.45, 2.75) is 37.5 Å². The van der Waals surface area contributed by atoms with Gasteiger partial charge < -0.3 is 25.8 Å². The van der Waals surface area contributed by atoms with Gasteiger partial charge in [0.1, 0.15) is 11.5 Å². The molecular formula is C19H28BN3O5. The Morgan fingerprint density at radius 3 is 2.75 bits per heavy atom. The third-order valence-corrected chi connectivity index (χ3v) is 5.51. The third-order valence-electron chi connectivity index (χ3n) is 5.51. The van der Waals surface area contributed by atoms with E-state index in [2.05, 4.69) is 10.2 Å². The van der Waals surface area contributed by atoms with Crippen molar-refractivity contribution in [3.8, 4) is 5.75 Å². The molecule has 0 aliphatic carbocycles. The third kappa shape index (κ3) is 5.11. The number of ketones is 1. The average Bonchev–Trinajstić information content (AvgIpc) is 2.67. The number of carboxylic acids is 1. The van der Waals surface area contributed by atoms with Crippen LogP contribution in [0.2, 0.25) is 5.82 Å². The maximum absolute atomic E-state index is 12.5. The van der Waals surface area contributed by atoms with Crippen LogP contribution in [-0.4, -0.2) is 72.7 Å². The van der Waals surface area contributed by atoms with Crippen molar-refractivity contribution in [2.75, 3.05) is 32.7 Å². The monoisotopic (exact) mass is 389 g/mol. The molecule has 0 saturated carbocycles. The second-order valence-electron chi connectivity index (χ2n) is 7.61. The Balaban J connectivity index is 1.51. The zero-order valence-corrected chi connectivity index (χ0v) is 16.0. The van der Waals surface area contributed by atoms with Crippen molar-refractivity contribution in [2.24, 2.45) is 5.73 Å². The Labute approximate surface area is 165 Å². The van der Waals surface area contributed by atoms with Crippen molar-refractivity contribution in [3.63, 3.8) is 0 Å². The van der Waals surface area contributed by atoms with Gasteiger partial charge in [0, 0.05) is 44.5 Å². The maximum Gasteiger partial charge on any atom is 0.526 e. The lowest BCUT2D eigenvalue weighted by Crippen LogP contribution is -2.45. The molecule has 1 fully saturated rings. The fourth-order valence-corrected chi connectivity index (χ4v) is 4.02. The summed E-state index contributed by atoms with van der Waals surface area (Å²) in [5.41, 5.74) is 6.27. The number of nitrogens with zero attached hydrogens (tertiary/aromatic N) is 1. The molecule has 8 nitrogen and oxygen atoms in total. The molecule has 2 aliphatic heterocycles. The number of likely N-dealkylation sites (tertiary alicyclic amines) is 1. The van der Waals surface area contributed by atoms with Crippen molar-refractivity contribution in [3.05, 3.63) is 29.3 Å². The molecule has 1 aromatic rings. The molecule has 0 aromatic heterocycles. The Hall–Kier alpha value is -1.94. The summed E-state index contributed by atoms with van der Waals surface area (Å²) in [4.78, 5) is 26.0. The Morgan fingerprint density at radius 2 is 2.07 bits per heavy atom. The van der Waals surface area contributed by atoms with E-state index in [-0.39, 0.29) is 29.3 Å². The van der Waals surface area contributed by atoms with E-state index >= 15 is 0 Å². The highest BCUT2D eigenvalue weighted by Gasteiger charge is 2.38. The van der Waals surface area contributed by atoms with Crippen LogP contribution in [0.1, 0.15) is 35.2 Å². The van der Waals surface area contributed by atoms with Crippen LogP contribution in [0.4, 0.5) is 0 Å². The molecule has 1 saturated heterocycles. The molecule has 1 atom stereocenters. The van der Waals surface area contributed by atoms with Crippen LogP contribution in [0.3, 0.4) is 0 Å². The van der Waals surface area contributed by atoms with Crippen molar-refractivity contribution >= 4 is 18.9 Å². The van der Waals surface area contributed by atoms with Crippen molar-refractivity contribution in [1.82, 2.24) is 10.2 Å². The summed E-state index contributed by atoms with van der Waals surface area (Å²) < 4.78 is 5.47. The Morgan fingerprint density at radius 1 is 1.32 bits per heavy atom. The summed E-state index contributed by atoms with van der Waals surface area (Å²) >= 11 is 0. The molecule has 0 spiro atoms. The van der Waals surface area contributed by atoms with Crippen LogP contribution in [0, 0.1) is 0 Å². The summed E-state index contributed by atoms with van der Waals surface area (Å²) in [6.45, 7) is 3.54. The normalized spacial score (nSPS) is 20.5. The number of nitrogens with one attached hydrogen (secondary N) is 1. The van der Waals surface area contributed by atoms with E-state index in [1.807, 2.05) is 0 Å². The van der Waals surface area contributed by atoms with Gasteiger partial charge in [-0.25, -0.2) is 4.79 Å². The molecule has 0 radical (unpaired) electrons. The lowest BCUT2D eigenvalue weighted by atomic mass is 9.64. The molecule has 1 aromatic carbocycles. The van der Waals surface area contributed by atoms with E-state index in [9.17, 15) is 19.7 Å². The lowest BCUT2D eigenvalue weighted by molar-refractivity contribution is -0.120. The maximum atomic E-state index is 12.5. The molecule has 2 aliphatic rings. The first-order valence-electron chi connectivity index (χ1n) is 9.85. The number of piperidine rings is 1. The molecule has 0 bridgehead atoms. The average molecular weight is 389 g/mol. The van der Waals surface area contributed by atoms with Gasteiger partial charge in [0.25, 0.3) is 0 Å². The van der Waals surface area contributed by atoms with Crippen LogP contribution in [0.25, 0.3) is 0 Å². The zero-order chi connectivity index (χ0) is 20.1. The molecular weight excluding hydrogens is 361 g/mol. The summed E-state index contributed by atoms with van der Waals surface area (Å²) in [5.74, 6) is -1.19. The molecule has 0 unspecified atom stereocenters. The Bertz CT molecular complexity index is 709. The number of hydrogen-bond donors (Lipinski definition) is 4. The number of fused-ring (bicyclic) bond motifs is 1. The predicted molar refractivity (Wildman–Crippen MR) is 106 cm³/mol. The molecule has 5 N–H and O–H groups in total. The molecule has 2 heterocycles. The first kappa shape index (κ1) is 20.8. The van der Waals surface area contributed by atoms with Crippen LogP contribution in [0.5, 0.6) is 5.75 Å². The second-order valence-corrected chi connectivity index (χ2v) is 7.61. The zero-order valence-electron chi connectivity index (χ0n) is 16.0. The highest BCUT2D eigenvalue weighted by molar-refractivity contribution is 6.47. The molecule has 3 rings (SSSR count). The molecule has 152 valence electrons. The molecule has 28 heavy (non-hydrogen) atoms. The number of benzene rings is 1. The number of nitrogens with two attached hydrogens (primary N) is 1. The van der Waals surface area contributed by atoms with Gasteiger partial charge in [0.2, 0.25) is 0 Å². The summed E-state index contributed by atoms with van der Waals surface area (Å²) in [7, 11) is -1.18. The van der Waals surface area contributed by atoms with Gasteiger partial charge >= 0.3 is 13.1 Å². The smallest absolute Gasteiger partial charge is 0.526 e. The summed E-state index contributed by atoms with van der Waals surface area (Å²) in [6, 6.07) is 5.35. The number of para-hydroxylation sites is 1. The fourth-order valence-electron chi connectivity index (χ4n) is 4.02.